The molecule has 2 heteroatoms. The summed E-state index contributed by atoms with van der Waals surface area (Å²) in [6, 6.07) is 0. The molecule has 0 radical (unpaired) electrons. The van der Waals surface area contributed by atoms with Gasteiger partial charge in [0.25, 0.3) is 0 Å². The van der Waals surface area contributed by atoms with Crippen LogP contribution in [-0.2, 0) is 9.53 Å². The van der Waals surface area contributed by atoms with Crippen LogP contribution >= 0.6 is 0 Å². The van der Waals surface area contributed by atoms with Gasteiger partial charge in [0.15, 0.2) is 5.78 Å². The molecule has 0 aromatic heterocycles. The van der Waals surface area contributed by atoms with Crippen LogP contribution in [0.25, 0.3) is 0 Å². The standard InChI is InChI=1S/C13H24O2/c1-13(2,3)9-11(14)12(15-4)10-7-5-6-8-10/h10,12H,5-9H2,1-4H3. The maximum atomic E-state index is 12.1. The Morgan fingerprint density at radius 1 is 1.33 bits per heavy atom. The molecule has 0 aromatic carbocycles. The van der Waals surface area contributed by atoms with E-state index < -0.39 is 0 Å². The number of hydrogen-bond donors (Lipinski definition) is 0. The number of carbonyl (C=O) groups excluding carboxylic acids is 1. The van der Waals surface area contributed by atoms with Gasteiger partial charge < -0.3 is 4.74 Å². The van der Waals surface area contributed by atoms with Crippen LogP contribution in [0, 0.1) is 11.3 Å². The highest BCUT2D eigenvalue weighted by Crippen LogP contribution is 2.31. The van der Waals surface area contributed by atoms with E-state index in [1.54, 1.807) is 7.11 Å². The summed E-state index contributed by atoms with van der Waals surface area (Å²) in [4.78, 5) is 12.1. The van der Waals surface area contributed by atoms with E-state index >= 15 is 0 Å². The van der Waals surface area contributed by atoms with Gasteiger partial charge in [-0.05, 0) is 24.2 Å². The molecule has 1 fully saturated rings. The second kappa shape index (κ2) is 5.11. The van der Waals surface area contributed by atoms with Crippen LogP contribution in [0.1, 0.15) is 52.9 Å². The Morgan fingerprint density at radius 3 is 2.27 bits per heavy atom. The molecule has 15 heavy (non-hydrogen) atoms. The molecule has 2 nitrogen and oxygen atoms in total. The highest BCUT2D eigenvalue weighted by molar-refractivity contribution is 5.84. The first-order chi connectivity index (χ1) is 6.94. The molecule has 1 atom stereocenters. The molecule has 0 N–H and O–H groups in total. The van der Waals surface area contributed by atoms with Crippen LogP contribution in [0.15, 0.2) is 0 Å². The third-order valence-corrected chi connectivity index (χ3v) is 3.10. The minimum absolute atomic E-state index is 0.0759. The lowest BCUT2D eigenvalue weighted by atomic mass is 9.85. The van der Waals surface area contributed by atoms with Gasteiger partial charge in [-0.25, -0.2) is 0 Å². The van der Waals surface area contributed by atoms with Crippen LogP contribution in [-0.4, -0.2) is 19.0 Å². The summed E-state index contributed by atoms with van der Waals surface area (Å²) in [6.07, 6.45) is 5.32. The lowest BCUT2D eigenvalue weighted by Gasteiger charge is -2.25. The van der Waals surface area contributed by atoms with Gasteiger partial charge in [0.1, 0.15) is 6.10 Å². The van der Waals surface area contributed by atoms with Crippen LogP contribution in [0.2, 0.25) is 0 Å². The zero-order chi connectivity index (χ0) is 11.5. The summed E-state index contributed by atoms with van der Waals surface area (Å²) < 4.78 is 5.39. The fourth-order valence-electron chi connectivity index (χ4n) is 2.47. The van der Waals surface area contributed by atoms with Crippen LogP contribution in [0.5, 0.6) is 0 Å². The fourth-order valence-corrected chi connectivity index (χ4v) is 2.47. The van der Waals surface area contributed by atoms with E-state index in [0.29, 0.717) is 12.3 Å². The predicted molar refractivity (Wildman–Crippen MR) is 61.8 cm³/mol. The second-order valence-corrected chi connectivity index (χ2v) is 5.90. The number of hydrogen-bond acceptors (Lipinski definition) is 2. The average Bonchev–Trinajstić information content (AvgIpc) is 2.54. The molecule has 0 spiro atoms. The van der Waals surface area contributed by atoms with Crippen molar-refractivity contribution >= 4 is 5.78 Å². The second-order valence-electron chi connectivity index (χ2n) is 5.90. The summed E-state index contributed by atoms with van der Waals surface area (Å²) in [6.45, 7) is 6.31. The van der Waals surface area contributed by atoms with Gasteiger partial charge in [0.05, 0.1) is 0 Å². The molecule has 0 heterocycles. The summed E-state index contributed by atoms with van der Waals surface area (Å²) in [5.41, 5.74) is 0.0759. The van der Waals surface area contributed by atoms with Crippen LogP contribution in [0.4, 0.5) is 0 Å². The largest absolute Gasteiger partial charge is 0.373 e. The molecule has 0 aliphatic heterocycles. The van der Waals surface area contributed by atoms with Crippen molar-refractivity contribution in [3.63, 3.8) is 0 Å². The predicted octanol–water partition coefficient (Wildman–Crippen LogP) is 3.20. The topological polar surface area (TPSA) is 26.3 Å². The first-order valence-corrected chi connectivity index (χ1v) is 5.99. The van der Waals surface area contributed by atoms with E-state index in [1.165, 1.54) is 12.8 Å². The summed E-state index contributed by atoms with van der Waals surface area (Å²) >= 11 is 0. The van der Waals surface area contributed by atoms with Gasteiger partial charge in [-0.2, -0.15) is 0 Å². The molecule has 0 amide bonds. The molecule has 1 aliphatic carbocycles. The van der Waals surface area contributed by atoms with Crippen LogP contribution < -0.4 is 0 Å². The zero-order valence-corrected chi connectivity index (χ0v) is 10.5. The minimum atomic E-state index is -0.147. The molecule has 1 unspecified atom stereocenters. The van der Waals surface area contributed by atoms with E-state index in [2.05, 4.69) is 20.8 Å². The number of Topliss-reactive ketones (excluding diaryl/α,β-unsaturated/α-hetero) is 1. The maximum absolute atomic E-state index is 12.1. The Morgan fingerprint density at radius 2 is 1.87 bits per heavy atom. The molecule has 1 aliphatic rings. The molecule has 1 rings (SSSR count). The quantitative estimate of drug-likeness (QED) is 0.715. The van der Waals surface area contributed by atoms with E-state index in [-0.39, 0.29) is 17.3 Å². The SMILES string of the molecule is COC(C(=O)CC(C)(C)C)C1CCCC1. The highest BCUT2D eigenvalue weighted by atomic mass is 16.5. The molecule has 1 saturated carbocycles. The number of ketones is 1. The number of ether oxygens (including phenoxy) is 1. The molecular weight excluding hydrogens is 188 g/mol. The average molecular weight is 212 g/mol. The van der Waals surface area contributed by atoms with Gasteiger partial charge in [-0.1, -0.05) is 33.6 Å². The third kappa shape index (κ3) is 3.94. The van der Waals surface area contributed by atoms with Gasteiger partial charge in [0, 0.05) is 13.5 Å². The van der Waals surface area contributed by atoms with Crippen molar-refractivity contribution in [1.82, 2.24) is 0 Å². The summed E-state index contributed by atoms with van der Waals surface area (Å²) in [5, 5.41) is 0. The van der Waals surface area contributed by atoms with Gasteiger partial charge in [-0.3, -0.25) is 4.79 Å². The lowest BCUT2D eigenvalue weighted by molar-refractivity contribution is -0.133. The Bertz CT molecular complexity index is 209. The molecule has 0 bridgehead atoms. The lowest BCUT2D eigenvalue weighted by Crippen LogP contribution is -2.32. The highest BCUT2D eigenvalue weighted by Gasteiger charge is 2.32. The summed E-state index contributed by atoms with van der Waals surface area (Å²) in [7, 11) is 1.67. The van der Waals surface area contributed by atoms with Crippen molar-refractivity contribution in [2.45, 2.75) is 59.0 Å². The van der Waals surface area contributed by atoms with Gasteiger partial charge in [-0.15, -0.1) is 0 Å². The summed E-state index contributed by atoms with van der Waals surface area (Å²) in [5.74, 6) is 0.766. The van der Waals surface area contributed by atoms with E-state index in [9.17, 15) is 4.79 Å². The van der Waals surface area contributed by atoms with Gasteiger partial charge >= 0.3 is 0 Å². The normalized spacial score (nSPS) is 20.5. The molecule has 0 saturated heterocycles. The van der Waals surface area contributed by atoms with Crippen molar-refractivity contribution in [2.24, 2.45) is 11.3 Å². The van der Waals surface area contributed by atoms with Crippen molar-refractivity contribution < 1.29 is 9.53 Å². The van der Waals surface area contributed by atoms with E-state index in [0.717, 1.165) is 12.8 Å². The van der Waals surface area contributed by atoms with E-state index in [4.69, 9.17) is 4.74 Å². The molecule has 88 valence electrons. The van der Waals surface area contributed by atoms with Crippen molar-refractivity contribution in [2.75, 3.05) is 7.11 Å². The smallest absolute Gasteiger partial charge is 0.162 e. The zero-order valence-electron chi connectivity index (χ0n) is 10.5. The Balaban J connectivity index is 2.53. The fraction of sp³-hybridized carbons (Fsp3) is 0.923. The van der Waals surface area contributed by atoms with E-state index in [1.807, 2.05) is 0 Å². The number of carbonyl (C=O) groups is 1. The van der Waals surface area contributed by atoms with Crippen molar-refractivity contribution in [1.29, 1.82) is 0 Å². The number of methoxy groups -OCH3 is 1. The first-order valence-electron chi connectivity index (χ1n) is 5.99. The van der Waals surface area contributed by atoms with Crippen molar-refractivity contribution in [3.05, 3.63) is 0 Å². The monoisotopic (exact) mass is 212 g/mol. The van der Waals surface area contributed by atoms with Crippen molar-refractivity contribution in [3.8, 4) is 0 Å². The Labute approximate surface area is 93.4 Å². The minimum Gasteiger partial charge on any atom is -0.373 e. The Hall–Kier alpha value is -0.370. The third-order valence-electron chi connectivity index (χ3n) is 3.10. The van der Waals surface area contributed by atoms with Gasteiger partial charge in [0.2, 0.25) is 0 Å². The van der Waals surface area contributed by atoms with Crippen LogP contribution in [0.3, 0.4) is 0 Å². The molecular formula is C13H24O2. The Kier molecular flexibility index (Phi) is 4.32. The first kappa shape index (κ1) is 12.7. The number of rotatable bonds is 4. The molecule has 0 aromatic rings. The maximum Gasteiger partial charge on any atom is 0.162 e.